The van der Waals surface area contributed by atoms with E-state index >= 15 is 0 Å². The number of nitrogens with one attached hydrogen (secondary N) is 1. The van der Waals surface area contributed by atoms with E-state index in [1.807, 2.05) is 4.90 Å². The molecule has 2 saturated heterocycles. The zero-order valence-electron chi connectivity index (χ0n) is 17.8. The van der Waals surface area contributed by atoms with Crippen LogP contribution < -0.4 is 14.8 Å². The fourth-order valence-electron chi connectivity index (χ4n) is 3.91. The standard InChI is InChI=1S/C22H29N3O6/c1-29-17-4-5-19(31-16-6-9-24(10-7-16)21(27)15-2-3-15)18(14-17)20(26)23-8-11-25-12-13-30-22(25)28/h4-5,14-16H,2-3,6-13H2,1H3,(H,23,26). The Balaban J connectivity index is 1.34. The van der Waals surface area contributed by atoms with Gasteiger partial charge in [0.2, 0.25) is 5.91 Å². The van der Waals surface area contributed by atoms with Crippen LogP contribution in [-0.4, -0.2) is 80.3 Å². The van der Waals surface area contributed by atoms with Crippen LogP contribution in [0.4, 0.5) is 4.79 Å². The van der Waals surface area contributed by atoms with Crippen molar-refractivity contribution in [3.8, 4) is 11.5 Å². The Hall–Kier alpha value is -2.97. The average Bonchev–Trinajstić information content (AvgIpc) is 3.56. The van der Waals surface area contributed by atoms with Crippen LogP contribution in [0, 0.1) is 5.92 Å². The topological polar surface area (TPSA) is 97.4 Å². The second-order valence-corrected chi connectivity index (χ2v) is 8.14. The Morgan fingerprint density at radius 1 is 1.16 bits per heavy atom. The summed E-state index contributed by atoms with van der Waals surface area (Å²) in [7, 11) is 1.54. The summed E-state index contributed by atoms with van der Waals surface area (Å²) in [5.74, 6) is 1.26. The number of nitrogens with zero attached hydrogens (tertiary/aromatic N) is 2. The number of hydrogen-bond donors (Lipinski definition) is 1. The molecule has 0 unspecified atom stereocenters. The summed E-state index contributed by atoms with van der Waals surface area (Å²) in [6, 6.07) is 5.16. The van der Waals surface area contributed by atoms with Gasteiger partial charge in [0.15, 0.2) is 0 Å². The molecular formula is C22H29N3O6. The lowest BCUT2D eigenvalue weighted by Gasteiger charge is -2.32. The number of likely N-dealkylation sites (tertiary alicyclic amines) is 1. The number of ether oxygens (including phenoxy) is 3. The molecule has 1 aromatic carbocycles. The third-order valence-electron chi connectivity index (χ3n) is 5.92. The predicted octanol–water partition coefficient (Wildman–Crippen LogP) is 1.66. The molecule has 0 atom stereocenters. The molecule has 9 nitrogen and oxygen atoms in total. The van der Waals surface area contributed by atoms with Crippen molar-refractivity contribution < 1.29 is 28.6 Å². The number of carbonyl (C=O) groups is 3. The van der Waals surface area contributed by atoms with Gasteiger partial charge in [0, 0.05) is 44.9 Å². The van der Waals surface area contributed by atoms with E-state index < -0.39 is 0 Å². The lowest BCUT2D eigenvalue weighted by atomic mass is 10.1. The van der Waals surface area contributed by atoms with Crippen LogP contribution in [0.25, 0.3) is 0 Å². The molecule has 3 amide bonds. The van der Waals surface area contributed by atoms with Crippen molar-refractivity contribution in [1.82, 2.24) is 15.1 Å². The number of cyclic esters (lactones) is 1. The zero-order chi connectivity index (χ0) is 21.8. The average molecular weight is 431 g/mol. The predicted molar refractivity (Wildman–Crippen MR) is 111 cm³/mol. The van der Waals surface area contributed by atoms with Gasteiger partial charge in [-0.2, -0.15) is 0 Å². The fourth-order valence-corrected chi connectivity index (χ4v) is 3.91. The normalized spacial score (nSPS) is 19.2. The quantitative estimate of drug-likeness (QED) is 0.672. The first-order valence-electron chi connectivity index (χ1n) is 10.9. The molecule has 4 rings (SSSR count). The van der Waals surface area contributed by atoms with Gasteiger partial charge < -0.3 is 29.3 Å². The molecule has 31 heavy (non-hydrogen) atoms. The van der Waals surface area contributed by atoms with Gasteiger partial charge in [0.05, 0.1) is 19.2 Å². The Morgan fingerprint density at radius 3 is 2.58 bits per heavy atom. The monoisotopic (exact) mass is 431 g/mol. The number of rotatable bonds is 8. The molecule has 2 heterocycles. The van der Waals surface area contributed by atoms with Crippen LogP contribution in [0.1, 0.15) is 36.0 Å². The van der Waals surface area contributed by atoms with Gasteiger partial charge in [-0.25, -0.2) is 4.79 Å². The zero-order valence-corrected chi connectivity index (χ0v) is 17.8. The summed E-state index contributed by atoms with van der Waals surface area (Å²) >= 11 is 0. The molecule has 2 aliphatic heterocycles. The lowest BCUT2D eigenvalue weighted by Crippen LogP contribution is -2.42. The second kappa shape index (κ2) is 9.45. The number of carbonyl (C=O) groups excluding carboxylic acids is 3. The molecule has 1 saturated carbocycles. The highest BCUT2D eigenvalue weighted by Gasteiger charge is 2.35. The minimum Gasteiger partial charge on any atom is -0.497 e. The molecule has 168 valence electrons. The van der Waals surface area contributed by atoms with Crippen LogP contribution in [0.2, 0.25) is 0 Å². The molecule has 0 radical (unpaired) electrons. The molecule has 0 aromatic heterocycles. The van der Waals surface area contributed by atoms with Crippen molar-refractivity contribution in [3.63, 3.8) is 0 Å². The molecule has 0 bridgehead atoms. The second-order valence-electron chi connectivity index (χ2n) is 8.14. The first-order valence-corrected chi connectivity index (χ1v) is 10.9. The molecule has 3 fully saturated rings. The molecule has 9 heteroatoms. The molecule has 1 N–H and O–H groups in total. The number of piperidine rings is 1. The number of amides is 3. The van der Waals surface area contributed by atoms with E-state index in [9.17, 15) is 14.4 Å². The molecule has 1 aliphatic carbocycles. The maximum Gasteiger partial charge on any atom is 0.409 e. The Kier molecular flexibility index (Phi) is 6.48. The van der Waals surface area contributed by atoms with E-state index in [4.69, 9.17) is 14.2 Å². The van der Waals surface area contributed by atoms with Crippen LogP contribution >= 0.6 is 0 Å². The first-order chi connectivity index (χ1) is 15.0. The molecular weight excluding hydrogens is 402 g/mol. The maximum atomic E-state index is 12.8. The van der Waals surface area contributed by atoms with Gasteiger partial charge in [-0.1, -0.05) is 0 Å². The summed E-state index contributed by atoms with van der Waals surface area (Å²) < 4.78 is 16.3. The van der Waals surface area contributed by atoms with Gasteiger partial charge in [-0.15, -0.1) is 0 Å². The van der Waals surface area contributed by atoms with Gasteiger partial charge >= 0.3 is 6.09 Å². The van der Waals surface area contributed by atoms with Gasteiger partial charge in [-0.05, 0) is 31.0 Å². The third-order valence-corrected chi connectivity index (χ3v) is 5.92. The lowest BCUT2D eigenvalue weighted by molar-refractivity contribution is -0.134. The molecule has 1 aromatic rings. The number of methoxy groups -OCH3 is 1. The summed E-state index contributed by atoms with van der Waals surface area (Å²) in [5.41, 5.74) is 0.389. The molecule has 3 aliphatic rings. The van der Waals surface area contributed by atoms with E-state index in [1.54, 1.807) is 30.2 Å². The Labute approximate surface area is 181 Å². The smallest absolute Gasteiger partial charge is 0.409 e. The fraction of sp³-hybridized carbons (Fsp3) is 0.591. The minimum absolute atomic E-state index is 0.0532. The first kappa shape index (κ1) is 21.3. The SMILES string of the molecule is COc1ccc(OC2CCN(C(=O)C3CC3)CC2)c(C(=O)NCCN2CCOC2=O)c1. The van der Waals surface area contributed by atoms with Crippen molar-refractivity contribution >= 4 is 17.9 Å². The van der Waals surface area contributed by atoms with Gasteiger partial charge in [-0.3, -0.25) is 9.59 Å². The summed E-state index contributed by atoms with van der Waals surface area (Å²) in [6.07, 6.45) is 3.09. The van der Waals surface area contributed by atoms with E-state index in [0.717, 1.165) is 25.7 Å². The van der Waals surface area contributed by atoms with E-state index in [2.05, 4.69) is 5.32 Å². The van der Waals surface area contributed by atoms with Crippen molar-refractivity contribution in [2.45, 2.75) is 31.8 Å². The van der Waals surface area contributed by atoms with Crippen LogP contribution in [0.3, 0.4) is 0 Å². The van der Waals surface area contributed by atoms with Crippen LogP contribution in [0.5, 0.6) is 11.5 Å². The van der Waals surface area contributed by atoms with E-state index in [0.29, 0.717) is 56.4 Å². The number of hydrogen-bond acceptors (Lipinski definition) is 6. The van der Waals surface area contributed by atoms with Crippen molar-refractivity contribution in [2.24, 2.45) is 5.92 Å². The van der Waals surface area contributed by atoms with E-state index in [-0.39, 0.29) is 29.9 Å². The van der Waals surface area contributed by atoms with Crippen molar-refractivity contribution in [1.29, 1.82) is 0 Å². The van der Waals surface area contributed by atoms with Gasteiger partial charge in [0.1, 0.15) is 24.2 Å². The highest BCUT2D eigenvalue weighted by molar-refractivity contribution is 5.97. The third kappa shape index (κ3) is 5.21. The summed E-state index contributed by atoms with van der Waals surface area (Å²) in [5, 5.41) is 2.84. The van der Waals surface area contributed by atoms with Crippen molar-refractivity contribution in [3.05, 3.63) is 23.8 Å². The number of benzene rings is 1. The maximum absolute atomic E-state index is 12.8. The largest absolute Gasteiger partial charge is 0.497 e. The summed E-state index contributed by atoms with van der Waals surface area (Å²) in [4.78, 5) is 40.1. The highest BCUT2D eigenvalue weighted by Crippen LogP contribution is 2.33. The van der Waals surface area contributed by atoms with Gasteiger partial charge in [0.25, 0.3) is 5.91 Å². The minimum atomic E-state index is -0.355. The highest BCUT2D eigenvalue weighted by atomic mass is 16.6. The van der Waals surface area contributed by atoms with Crippen molar-refractivity contribution in [2.75, 3.05) is 46.4 Å². The summed E-state index contributed by atoms with van der Waals surface area (Å²) in [6.45, 7) is 2.98. The van der Waals surface area contributed by atoms with Crippen LogP contribution in [0.15, 0.2) is 18.2 Å². The Morgan fingerprint density at radius 2 is 1.94 bits per heavy atom. The van der Waals surface area contributed by atoms with Crippen LogP contribution in [-0.2, 0) is 9.53 Å². The van der Waals surface area contributed by atoms with E-state index in [1.165, 1.54) is 0 Å². The molecule has 0 spiro atoms. The Bertz CT molecular complexity index is 833.